The number of hydrogen-bond donors (Lipinski definition) is 1. The maximum absolute atomic E-state index is 12.2. The van der Waals surface area contributed by atoms with Crippen LogP contribution in [-0.2, 0) is 11.0 Å². The van der Waals surface area contributed by atoms with Crippen LogP contribution in [0, 0.1) is 5.92 Å². The SMILES string of the molecule is COc1cc2c(c(OC)n1)[C@]1(C)[C@H](O)[C@H](CN(C)C)[C@@H](c3ccccc3)C1(c1ccc(Br)cc1)O2. The van der Waals surface area contributed by atoms with Crippen LogP contribution in [0.5, 0.6) is 17.5 Å². The molecule has 1 N–H and O–H groups in total. The highest BCUT2D eigenvalue weighted by Crippen LogP contribution is 2.70. The van der Waals surface area contributed by atoms with E-state index < -0.39 is 17.1 Å². The summed E-state index contributed by atoms with van der Waals surface area (Å²) in [7, 11) is 7.25. The summed E-state index contributed by atoms with van der Waals surface area (Å²) in [6.45, 7) is 2.78. The molecular weight excluding hydrogens is 508 g/mol. The summed E-state index contributed by atoms with van der Waals surface area (Å²) in [6, 6.07) is 20.4. The van der Waals surface area contributed by atoms with Crippen molar-refractivity contribution in [3.8, 4) is 17.5 Å². The maximum Gasteiger partial charge on any atom is 0.224 e. The van der Waals surface area contributed by atoms with E-state index >= 15 is 0 Å². The lowest BCUT2D eigenvalue weighted by Gasteiger charge is -2.42. The van der Waals surface area contributed by atoms with Crippen molar-refractivity contribution in [2.45, 2.75) is 30.0 Å². The largest absolute Gasteiger partial charge is 0.481 e. The van der Waals surface area contributed by atoms with Gasteiger partial charge in [0.1, 0.15) is 5.75 Å². The Morgan fingerprint density at radius 2 is 1.74 bits per heavy atom. The van der Waals surface area contributed by atoms with Gasteiger partial charge in [-0.05, 0) is 44.3 Å². The molecule has 1 aliphatic heterocycles. The first-order valence-electron chi connectivity index (χ1n) is 11.7. The second-order valence-electron chi connectivity index (χ2n) is 9.85. The minimum atomic E-state index is -0.904. The fourth-order valence-corrected chi connectivity index (χ4v) is 6.69. The van der Waals surface area contributed by atoms with Gasteiger partial charge in [0, 0.05) is 28.9 Å². The molecule has 1 aliphatic carbocycles. The molecule has 5 rings (SSSR count). The number of aromatic nitrogens is 1. The van der Waals surface area contributed by atoms with E-state index in [9.17, 15) is 5.11 Å². The Balaban J connectivity index is 1.86. The van der Waals surface area contributed by atoms with Gasteiger partial charge in [-0.25, -0.2) is 0 Å². The third-order valence-electron chi connectivity index (χ3n) is 7.76. The van der Waals surface area contributed by atoms with Crippen molar-refractivity contribution in [1.29, 1.82) is 0 Å². The number of aliphatic hydroxyl groups is 1. The van der Waals surface area contributed by atoms with Gasteiger partial charge >= 0.3 is 0 Å². The summed E-state index contributed by atoms with van der Waals surface area (Å²) in [5.41, 5.74) is 1.14. The Kier molecular flexibility index (Phi) is 6.06. The van der Waals surface area contributed by atoms with E-state index in [0.717, 1.165) is 21.2 Å². The third-order valence-corrected chi connectivity index (χ3v) is 8.29. The van der Waals surface area contributed by atoms with Gasteiger partial charge in [0.2, 0.25) is 11.8 Å². The van der Waals surface area contributed by atoms with Crippen LogP contribution >= 0.6 is 15.9 Å². The number of fused-ring (bicyclic) bond motifs is 3. The van der Waals surface area contributed by atoms with Crippen LogP contribution in [0.2, 0.25) is 0 Å². The Morgan fingerprint density at radius 1 is 1.06 bits per heavy atom. The molecule has 3 aromatic rings. The number of benzene rings is 2. The molecule has 1 saturated carbocycles. The quantitative estimate of drug-likeness (QED) is 0.488. The van der Waals surface area contributed by atoms with E-state index in [4.69, 9.17) is 14.2 Å². The average molecular weight is 539 g/mol. The average Bonchev–Trinajstić information content (AvgIpc) is 3.22. The maximum atomic E-state index is 12.2. The molecule has 1 aromatic heterocycles. The van der Waals surface area contributed by atoms with Crippen molar-refractivity contribution in [2.75, 3.05) is 34.9 Å². The number of hydrogen-bond acceptors (Lipinski definition) is 6. The van der Waals surface area contributed by atoms with E-state index in [1.54, 1.807) is 20.3 Å². The molecule has 0 bridgehead atoms. The molecule has 0 spiro atoms. The van der Waals surface area contributed by atoms with Gasteiger partial charge in [0.05, 0.1) is 31.3 Å². The normalized spacial score (nSPS) is 29.0. The number of halogens is 1. The molecule has 35 heavy (non-hydrogen) atoms. The summed E-state index contributed by atoms with van der Waals surface area (Å²) in [6.07, 6.45) is -0.732. The van der Waals surface area contributed by atoms with Crippen LogP contribution in [0.15, 0.2) is 65.1 Å². The second kappa shape index (κ2) is 8.80. The van der Waals surface area contributed by atoms with E-state index in [0.29, 0.717) is 24.1 Å². The predicted molar refractivity (Wildman–Crippen MR) is 138 cm³/mol. The fourth-order valence-electron chi connectivity index (χ4n) is 6.42. The molecule has 5 atom stereocenters. The number of rotatable bonds is 6. The number of methoxy groups -OCH3 is 2. The molecule has 1 unspecified atom stereocenters. The molecular formula is C28H31BrN2O4. The Morgan fingerprint density at radius 3 is 2.34 bits per heavy atom. The van der Waals surface area contributed by atoms with Gasteiger partial charge in [0.25, 0.3) is 0 Å². The number of nitrogens with zero attached hydrogens (tertiary/aromatic N) is 2. The summed E-state index contributed by atoms with van der Waals surface area (Å²) < 4.78 is 19.3. The van der Waals surface area contributed by atoms with Gasteiger partial charge < -0.3 is 24.2 Å². The summed E-state index contributed by atoms with van der Waals surface area (Å²) in [5, 5.41) is 12.2. The second-order valence-corrected chi connectivity index (χ2v) is 10.8. The predicted octanol–water partition coefficient (Wildman–Crippen LogP) is 4.74. The van der Waals surface area contributed by atoms with Gasteiger partial charge in [-0.1, -0.05) is 58.4 Å². The van der Waals surface area contributed by atoms with Crippen LogP contribution < -0.4 is 14.2 Å². The van der Waals surface area contributed by atoms with Gasteiger partial charge in [0.15, 0.2) is 5.60 Å². The molecule has 1 fully saturated rings. The van der Waals surface area contributed by atoms with Crippen molar-refractivity contribution in [3.63, 3.8) is 0 Å². The molecule has 0 amide bonds. The summed E-state index contributed by atoms with van der Waals surface area (Å²) in [5.74, 6) is 1.20. The first-order chi connectivity index (χ1) is 16.8. The van der Waals surface area contributed by atoms with Crippen LogP contribution in [-0.4, -0.2) is 56.0 Å². The highest BCUT2D eigenvalue weighted by molar-refractivity contribution is 9.10. The highest BCUT2D eigenvalue weighted by atomic mass is 79.9. The molecule has 6 nitrogen and oxygen atoms in total. The zero-order valence-corrected chi connectivity index (χ0v) is 22.2. The molecule has 2 aliphatic rings. The third kappa shape index (κ3) is 3.39. The standard InChI is InChI=1S/C28H31BrN2O4/c1-27-24-21(15-22(33-4)30-26(24)34-5)35-28(27,18-11-13-19(29)14-12-18)23(17-9-7-6-8-10-17)20(25(27)32)16-31(2)3/h6-15,20,23,25,32H,16H2,1-5H3/t20-,23-,25-,27-,28?/m1/s1. The fraction of sp³-hybridized carbons (Fsp3) is 0.393. The molecule has 7 heteroatoms. The smallest absolute Gasteiger partial charge is 0.224 e. The molecule has 184 valence electrons. The lowest BCUT2D eigenvalue weighted by Crippen LogP contribution is -2.50. The number of ether oxygens (including phenoxy) is 3. The van der Waals surface area contributed by atoms with E-state index in [2.05, 4.69) is 57.0 Å². The van der Waals surface area contributed by atoms with E-state index in [1.165, 1.54) is 0 Å². The zero-order valence-electron chi connectivity index (χ0n) is 20.7. The topological polar surface area (TPSA) is 64.0 Å². The number of aliphatic hydroxyl groups excluding tert-OH is 1. The summed E-state index contributed by atoms with van der Waals surface area (Å²) >= 11 is 3.58. The van der Waals surface area contributed by atoms with Gasteiger partial charge in [-0.3, -0.25) is 0 Å². The van der Waals surface area contributed by atoms with Crippen molar-refractivity contribution in [1.82, 2.24) is 9.88 Å². The Hall–Kier alpha value is -2.61. The highest BCUT2D eigenvalue weighted by Gasteiger charge is 2.74. The minimum Gasteiger partial charge on any atom is -0.481 e. The minimum absolute atomic E-state index is 0.110. The van der Waals surface area contributed by atoms with Crippen LogP contribution in [0.4, 0.5) is 0 Å². The first kappa shape index (κ1) is 24.1. The molecule has 0 saturated heterocycles. The van der Waals surface area contributed by atoms with Crippen molar-refractivity contribution in [2.24, 2.45) is 5.92 Å². The molecule has 2 heterocycles. The first-order valence-corrected chi connectivity index (χ1v) is 12.5. The summed E-state index contributed by atoms with van der Waals surface area (Å²) in [4.78, 5) is 6.72. The van der Waals surface area contributed by atoms with E-state index in [-0.39, 0.29) is 11.8 Å². The monoisotopic (exact) mass is 538 g/mol. The van der Waals surface area contributed by atoms with Crippen molar-refractivity contribution in [3.05, 3.63) is 81.8 Å². The Bertz CT molecular complexity index is 1220. The van der Waals surface area contributed by atoms with Crippen LogP contribution in [0.3, 0.4) is 0 Å². The number of pyridine rings is 1. The van der Waals surface area contributed by atoms with Gasteiger partial charge in [-0.2, -0.15) is 4.98 Å². The van der Waals surface area contributed by atoms with Crippen molar-refractivity contribution < 1.29 is 19.3 Å². The zero-order chi connectivity index (χ0) is 25.0. The van der Waals surface area contributed by atoms with Crippen LogP contribution in [0.1, 0.15) is 29.5 Å². The van der Waals surface area contributed by atoms with E-state index in [1.807, 2.05) is 44.4 Å². The van der Waals surface area contributed by atoms with Gasteiger partial charge in [-0.15, -0.1) is 0 Å². The Labute approximate surface area is 215 Å². The van der Waals surface area contributed by atoms with Crippen LogP contribution in [0.25, 0.3) is 0 Å². The lowest BCUT2D eigenvalue weighted by atomic mass is 9.65. The van der Waals surface area contributed by atoms with Crippen molar-refractivity contribution >= 4 is 15.9 Å². The molecule has 2 aromatic carbocycles. The molecule has 0 radical (unpaired) electrons. The lowest BCUT2D eigenvalue weighted by molar-refractivity contribution is -0.00701.